The first-order valence-corrected chi connectivity index (χ1v) is 8.33. The van der Waals surface area contributed by atoms with Crippen LogP contribution in [0.5, 0.6) is 0 Å². The molecular weight excluding hydrogens is 316 g/mol. The molecule has 0 aromatic heterocycles. The minimum Gasteiger partial charge on any atom is -0.465 e. The maximum atomic E-state index is 11.8. The van der Waals surface area contributed by atoms with Crippen molar-refractivity contribution in [1.29, 1.82) is 0 Å². The first-order chi connectivity index (χ1) is 12.0. The molecule has 5 heteroatoms. The van der Waals surface area contributed by atoms with Gasteiger partial charge < -0.3 is 15.4 Å². The summed E-state index contributed by atoms with van der Waals surface area (Å²) in [6.45, 7) is 2.81. The van der Waals surface area contributed by atoms with Crippen molar-refractivity contribution in [3.8, 4) is 0 Å². The van der Waals surface area contributed by atoms with Gasteiger partial charge in [-0.15, -0.1) is 0 Å². The fraction of sp³-hybridized carbons (Fsp3) is 0.300. The van der Waals surface area contributed by atoms with E-state index in [2.05, 4.69) is 11.8 Å². The zero-order valence-corrected chi connectivity index (χ0v) is 14.4. The lowest BCUT2D eigenvalue weighted by molar-refractivity contribution is -0.119. The zero-order valence-electron chi connectivity index (χ0n) is 14.4. The fourth-order valence-electron chi connectivity index (χ4n) is 3.45. The highest BCUT2D eigenvalue weighted by molar-refractivity contribution is 5.89. The molecule has 0 aliphatic carbocycles. The van der Waals surface area contributed by atoms with Crippen molar-refractivity contribution in [3.63, 3.8) is 0 Å². The van der Waals surface area contributed by atoms with Gasteiger partial charge in [-0.3, -0.25) is 4.79 Å². The van der Waals surface area contributed by atoms with Crippen molar-refractivity contribution >= 4 is 17.6 Å². The molecule has 0 spiro atoms. The van der Waals surface area contributed by atoms with Crippen molar-refractivity contribution in [3.05, 3.63) is 65.2 Å². The van der Waals surface area contributed by atoms with Crippen LogP contribution in [0.15, 0.2) is 48.5 Å². The van der Waals surface area contributed by atoms with Crippen LogP contribution in [0.2, 0.25) is 0 Å². The van der Waals surface area contributed by atoms with E-state index < -0.39 is 0 Å². The average molecular weight is 338 g/mol. The van der Waals surface area contributed by atoms with Crippen molar-refractivity contribution in [2.24, 2.45) is 5.73 Å². The fourth-order valence-corrected chi connectivity index (χ4v) is 3.45. The molecule has 0 radical (unpaired) electrons. The minimum absolute atomic E-state index is 0.188. The van der Waals surface area contributed by atoms with Crippen LogP contribution in [0, 0.1) is 0 Å². The number of hydrogen-bond donors (Lipinski definition) is 1. The van der Waals surface area contributed by atoms with Gasteiger partial charge in [0.15, 0.2) is 0 Å². The second-order valence-electron chi connectivity index (χ2n) is 6.41. The minimum atomic E-state index is -0.340. The van der Waals surface area contributed by atoms with Crippen molar-refractivity contribution in [2.75, 3.05) is 12.0 Å². The SMILES string of the molecule is COC(=O)c1ccc(CN2c3ccccc3[C@@H](C(N)=O)C[C@@H]2C)cc1. The monoisotopic (exact) mass is 338 g/mol. The molecule has 1 heterocycles. The summed E-state index contributed by atoms with van der Waals surface area (Å²) < 4.78 is 4.73. The van der Waals surface area contributed by atoms with Crippen LogP contribution in [-0.2, 0) is 16.1 Å². The highest BCUT2D eigenvalue weighted by Crippen LogP contribution is 2.38. The van der Waals surface area contributed by atoms with Gasteiger partial charge in [-0.2, -0.15) is 0 Å². The van der Waals surface area contributed by atoms with E-state index in [1.165, 1.54) is 7.11 Å². The van der Waals surface area contributed by atoms with E-state index in [9.17, 15) is 9.59 Å². The molecule has 0 saturated heterocycles. The standard InChI is InChI=1S/C20H22N2O3/c1-13-11-17(19(21)23)16-5-3-4-6-18(16)22(13)12-14-7-9-15(10-8-14)20(24)25-2/h3-10,13,17H,11-12H2,1-2H3,(H2,21,23)/t13-,17-/m0/s1. The number of hydrogen-bond acceptors (Lipinski definition) is 4. The summed E-state index contributed by atoms with van der Waals surface area (Å²) in [4.78, 5) is 25.7. The number of amides is 1. The van der Waals surface area contributed by atoms with Crippen LogP contribution in [0.1, 0.15) is 40.7 Å². The topological polar surface area (TPSA) is 72.6 Å². The summed E-state index contributed by atoms with van der Waals surface area (Å²) in [5.74, 6) is -0.863. The van der Waals surface area contributed by atoms with Crippen molar-refractivity contribution in [1.82, 2.24) is 0 Å². The van der Waals surface area contributed by atoms with E-state index in [0.29, 0.717) is 18.5 Å². The second-order valence-corrected chi connectivity index (χ2v) is 6.41. The Morgan fingerprint density at radius 2 is 1.84 bits per heavy atom. The molecule has 5 nitrogen and oxygen atoms in total. The van der Waals surface area contributed by atoms with Gasteiger partial charge in [0, 0.05) is 18.3 Å². The quantitative estimate of drug-likeness (QED) is 0.870. The number of methoxy groups -OCH3 is 1. The molecule has 25 heavy (non-hydrogen) atoms. The highest BCUT2D eigenvalue weighted by atomic mass is 16.5. The molecule has 130 valence electrons. The first-order valence-electron chi connectivity index (χ1n) is 8.33. The number of fused-ring (bicyclic) bond motifs is 1. The van der Waals surface area contributed by atoms with Gasteiger partial charge in [0.25, 0.3) is 0 Å². The molecule has 1 aliphatic rings. The average Bonchev–Trinajstić information content (AvgIpc) is 2.63. The molecule has 2 atom stereocenters. The predicted octanol–water partition coefficient (Wildman–Crippen LogP) is 2.84. The number of ether oxygens (including phenoxy) is 1. The Kier molecular flexibility index (Phi) is 4.74. The van der Waals surface area contributed by atoms with Gasteiger partial charge in [0.2, 0.25) is 5.91 Å². The molecule has 1 aliphatic heterocycles. The lowest BCUT2D eigenvalue weighted by atomic mass is 9.85. The number of carbonyl (C=O) groups excluding carboxylic acids is 2. The molecule has 0 unspecified atom stereocenters. The number of benzene rings is 2. The van der Waals surface area contributed by atoms with Crippen LogP contribution in [0.25, 0.3) is 0 Å². The number of para-hydroxylation sites is 1. The smallest absolute Gasteiger partial charge is 0.337 e. The second kappa shape index (κ2) is 6.97. The third kappa shape index (κ3) is 3.36. The van der Waals surface area contributed by atoms with Gasteiger partial charge in [0.1, 0.15) is 0 Å². The van der Waals surface area contributed by atoms with E-state index in [0.717, 1.165) is 16.8 Å². The predicted molar refractivity (Wildman–Crippen MR) is 96.4 cm³/mol. The Hall–Kier alpha value is -2.82. The Bertz CT molecular complexity index is 786. The summed E-state index contributed by atoms with van der Waals surface area (Å²) in [5.41, 5.74) is 9.25. The Morgan fingerprint density at radius 3 is 2.48 bits per heavy atom. The van der Waals surface area contributed by atoms with Gasteiger partial charge in [-0.05, 0) is 42.7 Å². The molecule has 1 amide bonds. The summed E-state index contributed by atoms with van der Waals surface area (Å²) in [7, 11) is 1.37. The number of anilines is 1. The molecule has 0 saturated carbocycles. The van der Waals surface area contributed by atoms with Crippen LogP contribution in [0.4, 0.5) is 5.69 Å². The normalized spacial score (nSPS) is 19.2. The molecule has 3 rings (SSSR count). The van der Waals surface area contributed by atoms with E-state index >= 15 is 0 Å². The van der Waals surface area contributed by atoms with Gasteiger partial charge in [0.05, 0.1) is 18.6 Å². The number of rotatable bonds is 4. The zero-order chi connectivity index (χ0) is 18.0. The number of nitrogens with two attached hydrogens (primary N) is 1. The van der Waals surface area contributed by atoms with Crippen LogP contribution in [0.3, 0.4) is 0 Å². The lowest BCUT2D eigenvalue weighted by Crippen LogP contribution is -2.41. The summed E-state index contributed by atoms with van der Waals surface area (Å²) in [5, 5.41) is 0. The van der Waals surface area contributed by atoms with Gasteiger partial charge in [-0.1, -0.05) is 30.3 Å². The number of esters is 1. The number of primary amides is 1. The Balaban J connectivity index is 1.88. The third-order valence-corrected chi connectivity index (χ3v) is 4.80. The van der Waals surface area contributed by atoms with E-state index in [-0.39, 0.29) is 23.8 Å². The van der Waals surface area contributed by atoms with E-state index in [1.54, 1.807) is 12.1 Å². The van der Waals surface area contributed by atoms with Gasteiger partial charge in [-0.25, -0.2) is 4.79 Å². The Labute approximate surface area is 147 Å². The number of nitrogens with zero attached hydrogens (tertiary/aromatic N) is 1. The highest BCUT2D eigenvalue weighted by Gasteiger charge is 2.32. The van der Waals surface area contributed by atoms with Crippen LogP contribution in [-0.4, -0.2) is 25.0 Å². The maximum absolute atomic E-state index is 11.8. The van der Waals surface area contributed by atoms with Crippen molar-refractivity contribution in [2.45, 2.75) is 31.8 Å². The van der Waals surface area contributed by atoms with E-state index in [1.807, 2.05) is 36.4 Å². The van der Waals surface area contributed by atoms with Gasteiger partial charge >= 0.3 is 5.97 Å². The van der Waals surface area contributed by atoms with Crippen molar-refractivity contribution < 1.29 is 14.3 Å². The summed E-state index contributed by atoms with van der Waals surface area (Å²) in [6, 6.07) is 15.5. The molecule has 2 aromatic carbocycles. The summed E-state index contributed by atoms with van der Waals surface area (Å²) in [6.07, 6.45) is 0.701. The molecule has 2 N–H and O–H groups in total. The summed E-state index contributed by atoms with van der Waals surface area (Å²) >= 11 is 0. The van der Waals surface area contributed by atoms with Crippen LogP contribution >= 0.6 is 0 Å². The first kappa shape index (κ1) is 17.0. The molecular formula is C20H22N2O3. The Morgan fingerprint density at radius 1 is 1.16 bits per heavy atom. The van der Waals surface area contributed by atoms with E-state index in [4.69, 9.17) is 10.5 Å². The lowest BCUT2D eigenvalue weighted by Gasteiger charge is -2.40. The molecule has 0 bridgehead atoms. The number of carbonyl (C=O) groups is 2. The largest absolute Gasteiger partial charge is 0.465 e. The third-order valence-electron chi connectivity index (χ3n) is 4.80. The molecule has 2 aromatic rings. The maximum Gasteiger partial charge on any atom is 0.337 e. The molecule has 0 fully saturated rings. The van der Waals surface area contributed by atoms with Crippen LogP contribution < -0.4 is 10.6 Å².